The van der Waals surface area contributed by atoms with Gasteiger partial charge in [-0.25, -0.2) is 0 Å². The summed E-state index contributed by atoms with van der Waals surface area (Å²) < 4.78 is 5.10. The van der Waals surface area contributed by atoms with Gasteiger partial charge in [0.1, 0.15) is 18.8 Å². The minimum atomic E-state index is -1.23. The Morgan fingerprint density at radius 2 is 1.67 bits per heavy atom. The van der Waals surface area contributed by atoms with Crippen molar-refractivity contribution in [1.82, 2.24) is 4.90 Å². The molecule has 0 aliphatic carbocycles. The molecule has 2 aromatic rings. The largest absolute Gasteiger partial charge is 0.497 e. The van der Waals surface area contributed by atoms with Crippen LogP contribution in [0.3, 0.4) is 0 Å². The predicted molar refractivity (Wildman–Crippen MR) is 94.8 cm³/mol. The second-order valence-electron chi connectivity index (χ2n) is 5.82. The maximum absolute atomic E-state index is 12.8. The number of fused-ring (bicyclic) bond motifs is 1. The Hall–Kier alpha value is -3.68. The van der Waals surface area contributed by atoms with Crippen molar-refractivity contribution in [2.75, 3.05) is 25.1 Å². The molecule has 0 unspecified atom stereocenters. The molecule has 2 aromatic carbocycles. The van der Waals surface area contributed by atoms with E-state index in [1.54, 1.807) is 30.3 Å². The molecule has 0 aromatic heterocycles. The molecule has 0 saturated carbocycles. The van der Waals surface area contributed by atoms with Crippen molar-refractivity contribution in [3.05, 3.63) is 59.7 Å². The van der Waals surface area contributed by atoms with Gasteiger partial charge in [-0.1, -0.05) is 18.2 Å². The summed E-state index contributed by atoms with van der Waals surface area (Å²) in [7, 11) is 1.45. The first kappa shape index (κ1) is 18.1. The number of carboxylic acid groups (broad SMARTS) is 1. The quantitative estimate of drug-likeness (QED) is 0.773. The molecule has 0 saturated heterocycles. The number of ether oxygens (including phenoxy) is 1. The molecule has 0 atom stereocenters. The zero-order chi connectivity index (χ0) is 19.6. The predicted octanol–water partition coefficient (Wildman–Crippen LogP) is 1.41. The fraction of sp³-hybridized carbons (Fsp3) is 0.158. The van der Waals surface area contributed by atoms with Gasteiger partial charge in [0.25, 0.3) is 11.8 Å². The Balaban J connectivity index is 1.86. The van der Waals surface area contributed by atoms with Gasteiger partial charge in [-0.15, -0.1) is 0 Å². The van der Waals surface area contributed by atoms with Crippen molar-refractivity contribution < 1.29 is 29.0 Å². The third kappa shape index (κ3) is 3.50. The molecule has 1 aliphatic rings. The third-order valence-electron chi connectivity index (χ3n) is 4.13. The lowest BCUT2D eigenvalue weighted by Gasteiger charge is -2.23. The first-order valence-electron chi connectivity index (χ1n) is 8.04. The first-order valence-corrected chi connectivity index (χ1v) is 8.04. The Labute approximate surface area is 154 Å². The number of hydrogen-bond acceptors (Lipinski definition) is 5. The normalized spacial score (nSPS) is 12.7. The highest BCUT2D eigenvalue weighted by Crippen LogP contribution is 2.24. The van der Waals surface area contributed by atoms with Gasteiger partial charge < -0.3 is 9.84 Å². The zero-order valence-corrected chi connectivity index (χ0v) is 14.4. The second kappa shape index (κ2) is 7.28. The van der Waals surface area contributed by atoms with Crippen LogP contribution in [0.15, 0.2) is 48.5 Å². The summed E-state index contributed by atoms with van der Waals surface area (Å²) in [5.74, 6) is -2.64. The summed E-state index contributed by atoms with van der Waals surface area (Å²) >= 11 is 0. The summed E-state index contributed by atoms with van der Waals surface area (Å²) in [6, 6.07) is 12.6. The summed E-state index contributed by atoms with van der Waals surface area (Å²) in [6.07, 6.45) is 0. The van der Waals surface area contributed by atoms with Crippen molar-refractivity contribution in [3.63, 3.8) is 0 Å². The van der Waals surface area contributed by atoms with E-state index >= 15 is 0 Å². The van der Waals surface area contributed by atoms with Gasteiger partial charge in [-0.2, -0.15) is 0 Å². The molecule has 8 nitrogen and oxygen atoms in total. The molecule has 3 rings (SSSR count). The Morgan fingerprint density at radius 1 is 1.04 bits per heavy atom. The fourth-order valence-corrected chi connectivity index (χ4v) is 2.84. The molecule has 1 heterocycles. The highest BCUT2D eigenvalue weighted by atomic mass is 16.5. The number of carboxylic acids is 1. The lowest BCUT2D eigenvalue weighted by Crippen LogP contribution is -2.44. The maximum Gasteiger partial charge on any atom is 0.323 e. The minimum absolute atomic E-state index is 0.224. The summed E-state index contributed by atoms with van der Waals surface area (Å²) in [5, 5.41) is 9.15. The molecule has 138 valence electrons. The van der Waals surface area contributed by atoms with Crippen LogP contribution in [0, 0.1) is 0 Å². The van der Waals surface area contributed by atoms with E-state index in [1.807, 2.05) is 0 Å². The van der Waals surface area contributed by atoms with Crippen LogP contribution < -0.4 is 9.64 Å². The highest BCUT2D eigenvalue weighted by molar-refractivity contribution is 6.22. The molecular weight excluding hydrogens is 352 g/mol. The molecular formula is C19H16N2O6. The van der Waals surface area contributed by atoms with E-state index in [0.717, 1.165) is 9.80 Å². The minimum Gasteiger partial charge on any atom is -0.497 e. The molecule has 1 N–H and O–H groups in total. The van der Waals surface area contributed by atoms with E-state index in [0.29, 0.717) is 11.4 Å². The van der Waals surface area contributed by atoms with Crippen LogP contribution in [0.25, 0.3) is 0 Å². The number of nitrogens with zero attached hydrogens (tertiary/aromatic N) is 2. The number of anilines is 1. The average Bonchev–Trinajstić information content (AvgIpc) is 2.91. The van der Waals surface area contributed by atoms with Crippen LogP contribution >= 0.6 is 0 Å². The molecule has 0 fully saturated rings. The van der Waals surface area contributed by atoms with Crippen LogP contribution in [0.1, 0.15) is 20.7 Å². The molecule has 8 heteroatoms. The summed E-state index contributed by atoms with van der Waals surface area (Å²) in [6.45, 7) is -1.17. The molecule has 0 spiro atoms. The van der Waals surface area contributed by atoms with Gasteiger partial charge in [-0.05, 0) is 24.3 Å². The SMILES string of the molecule is COc1cccc(N(CC(=O)O)C(=O)CN2C(=O)c3ccccc3C2=O)c1. The van der Waals surface area contributed by atoms with E-state index in [-0.39, 0.29) is 11.1 Å². The standard InChI is InChI=1S/C19H16N2O6/c1-27-13-6-4-5-12(9-13)20(11-17(23)24)16(22)10-21-18(25)14-7-2-3-8-15(14)19(21)26/h2-9H,10-11H2,1H3,(H,23,24). The molecule has 0 radical (unpaired) electrons. The second-order valence-corrected chi connectivity index (χ2v) is 5.82. The number of carbonyl (C=O) groups excluding carboxylic acids is 3. The maximum atomic E-state index is 12.8. The van der Waals surface area contributed by atoms with E-state index in [1.165, 1.54) is 25.3 Å². The lowest BCUT2D eigenvalue weighted by atomic mass is 10.1. The van der Waals surface area contributed by atoms with Crippen LogP contribution in [0.5, 0.6) is 5.75 Å². The highest BCUT2D eigenvalue weighted by Gasteiger charge is 2.37. The Kier molecular flexibility index (Phi) is 4.89. The number of carbonyl (C=O) groups is 4. The van der Waals surface area contributed by atoms with E-state index in [9.17, 15) is 19.2 Å². The summed E-state index contributed by atoms with van der Waals surface area (Å²) in [4.78, 5) is 50.6. The molecule has 3 amide bonds. The van der Waals surface area contributed by atoms with Gasteiger partial charge in [0.2, 0.25) is 5.91 Å². The van der Waals surface area contributed by atoms with Crippen LogP contribution in [0.4, 0.5) is 5.69 Å². The molecule has 0 bridgehead atoms. The number of benzene rings is 2. The first-order chi connectivity index (χ1) is 12.9. The van der Waals surface area contributed by atoms with E-state index in [2.05, 4.69) is 0 Å². The number of rotatable bonds is 6. The van der Waals surface area contributed by atoms with Crippen molar-refractivity contribution in [3.8, 4) is 5.75 Å². The van der Waals surface area contributed by atoms with Gasteiger partial charge >= 0.3 is 5.97 Å². The van der Waals surface area contributed by atoms with Gasteiger partial charge in [0.15, 0.2) is 0 Å². The van der Waals surface area contributed by atoms with E-state index in [4.69, 9.17) is 9.84 Å². The molecule has 1 aliphatic heterocycles. The van der Waals surface area contributed by atoms with Crippen molar-refractivity contribution in [1.29, 1.82) is 0 Å². The Bertz CT molecular complexity index is 904. The van der Waals surface area contributed by atoms with Crippen molar-refractivity contribution in [2.45, 2.75) is 0 Å². The zero-order valence-electron chi connectivity index (χ0n) is 14.4. The number of amides is 3. The van der Waals surface area contributed by atoms with Crippen LogP contribution in [-0.4, -0.2) is 53.9 Å². The van der Waals surface area contributed by atoms with Gasteiger partial charge in [-0.3, -0.25) is 29.0 Å². The number of aliphatic carboxylic acids is 1. The topological polar surface area (TPSA) is 104 Å². The third-order valence-corrected chi connectivity index (χ3v) is 4.13. The monoisotopic (exact) mass is 368 g/mol. The number of methoxy groups -OCH3 is 1. The van der Waals surface area contributed by atoms with Crippen LogP contribution in [-0.2, 0) is 9.59 Å². The molecule has 27 heavy (non-hydrogen) atoms. The van der Waals surface area contributed by atoms with Crippen molar-refractivity contribution in [2.24, 2.45) is 0 Å². The smallest absolute Gasteiger partial charge is 0.323 e. The lowest BCUT2D eigenvalue weighted by molar-refractivity contribution is -0.136. The Morgan fingerprint density at radius 3 is 2.22 bits per heavy atom. The van der Waals surface area contributed by atoms with Crippen LogP contribution in [0.2, 0.25) is 0 Å². The summed E-state index contributed by atoms with van der Waals surface area (Å²) in [5.41, 5.74) is 0.737. The average molecular weight is 368 g/mol. The number of hydrogen-bond donors (Lipinski definition) is 1. The number of imide groups is 1. The fourth-order valence-electron chi connectivity index (χ4n) is 2.84. The van der Waals surface area contributed by atoms with Crippen molar-refractivity contribution >= 4 is 29.4 Å². The van der Waals surface area contributed by atoms with E-state index < -0.39 is 36.8 Å². The van der Waals surface area contributed by atoms with Gasteiger partial charge in [0.05, 0.1) is 18.2 Å². The van der Waals surface area contributed by atoms with Gasteiger partial charge in [0, 0.05) is 11.8 Å².